The number of nitro groups is 1. The molecule has 120 valence electrons. The van der Waals surface area contributed by atoms with Crippen molar-refractivity contribution in [3.63, 3.8) is 0 Å². The quantitative estimate of drug-likeness (QED) is 0.491. The van der Waals surface area contributed by atoms with Gasteiger partial charge in [-0.15, -0.1) is 0 Å². The van der Waals surface area contributed by atoms with Gasteiger partial charge in [-0.1, -0.05) is 6.42 Å². The van der Waals surface area contributed by atoms with Gasteiger partial charge in [-0.3, -0.25) is 14.8 Å². The van der Waals surface area contributed by atoms with Crippen molar-refractivity contribution < 1.29 is 14.5 Å². The molecule has 1 fully saturated rings. The van der Waals surface area contributed by atoms with E-state index in [9.17, 15) is 14.9 Å². The molecule has 0 radical (unpaired) electrons. The first kappa shape index (κ1) is 15.2. The second kappa shape index (κ2) is 6.60. The lowest BCUT2D eigenvalue weighted by Crippen LogP contribution is -2.32. The Bertz CT molecular complexity index is 682. The maximum Gasteiger partial charge on any atom is 0.338 e. The first-order valence-electron chi connectivity index (χ1n) is 7.60. The van der Waals surface area contributed by atoms with Gasteiger partial charge in [0.15, 0.2) is 0 Å². The Labute approximate surface area is 133 Å². The maximum atomic E-state index is 12.3. The van der Waals surface area contributed by atoms with Crippen LogP contribution in [0.4, 0.5) is 5.69 Å². The third-order valence-corrected chi connectivity index (χ3v) is 4.10. The van der Waals surface area contributed by atoms with Gasteiger partial charge in [0.1, 0.15) is 6.10 Å². The summed E-state index contributed by atoms with van der Waals surface area (Å²) in [6.07, 6.45) is 7.16. The van der Waals surface area contributed by atoms with E-state index in [0.29, 0.717) is 5.56 Å². The van der Waals surface area contributed by atoms with Crippen molar-refractivity contribution in [2.75, 3.05) is 0 Å². The standard InChI is InChI=1S/C16H17N3O4/c20-16(12-6-8-13(9-7-12)19(21)22)23-15-5-2-1-4-14(15)18-11-3-10-17-18/h3,6-11,14-15H,1-2,4-5H2. The largest absolute Gasteiger partial charge is 0.457 e. The number of benzene rings is 1. The Morgan fingerprint density at radius 3 is 2.65 bits per heavy atom. The van der Waals surface area contributed by atoms with E-state index in [1.165, 1.54) is 24.3 Å². The molecule has 0 N–H and O–H groups in total. The average molecular weight is 315 g/mol. The van der Waals surface area contributed by atoms with E-state index in [1.807, 2.05) is 16.9 Å². The highest BCUT2D eigenvalue weighted by molar-refractivity contribution is 5.89. The molecule has 0 bridgehead atoms. The number of carbonyl (C=O) groups is 1. The lowest BCUT2D eigenvalue weighted by Gasteiger charge is -2.31. The highest BCUT2D eigenvalue weighted by Crippen LogP contribution is 2.31. The van der Waals surface area contributed by atoms with Crippen LogP contribution in [-0.4, -0.2) is 26.8 Å². The van der Waals surface area contributed by atoms with Gasteiger partial charge >= 0.3 is 5.97 Å². The van der Waals surface area contributed by atoms with E-state index >= 15 is 0 Å². The van der Waals surface area contributed by atoms with Crippen LogP contribution in [0.5, 0.6) is 0 Å². The minimum atomic E-state index is -0.496. The summed E-state index contributed by atoms with van der Waals surface area (Å²) in [5.74, 6) is -0.455. The number of hydrogen-bond donors (Lipinski definition) is 0. The van der Waals surface area contributed by atoms with E-state index in [1.54, 1.807) is 6.20 Å². The molecule has 1 heterocycles. The van der Waals surface area contributed by atoms with Crippen LogP contribution >= 0.6 is 0 Å². The maximum absolute atomic E-state index is 12.3. The van der Waals surface area contributed by atoms with E-state index in [4.69, 9.17) is 4.74 Å². The molecule has 1 aliphatic rings. The molecule has 7 heteroatoms. The van der Waals surface area contributed by atoms with Crippen molar-refractivity contribution in [3.05, 3.63) is 58.4 Å². The third-order valence-electron chi connectivity index (χ3n) is 4.10. The molecule has 1 aliphatic carbocycles. The molecule has 23 heavy (non-hydrogen) atoms. The van der Waals surface area contributed by atoms with Crippen molar-refractivity contribution in [2.24, 2.45) is 0 Å². The molecule has 1 aromatic carbocycles. The summed E-state index contributed by atoms with van der Waals surface area (Å²) in [7, 11) is 0. The van der Waals surface area contributed by atoms with E-state index in [2.05, 4.69) is 5.10 Å². The van der Waals surface area contributed by atoms with Crippen molar-refractivity contribution >= 4 is 11.7 Å². The molecule has 1 saturated carbocycles. The fourth-order valence-electron chi connectivity index (χ4n) is 2.92. The van der Waals surface area contributed by atoms with Crippen molar-refractivity contribution in [3.8, 4) is 0 Å². The number of nitro benzene ring substituents is 1. The van der Waals surface area contributed by atoms with Crippen LogP contribution in [0.1, 0.15) is 42.1 Å². The highest BCUT2D eigenvalue weighted by atomic mass is 16.6. The van der Waals surface area contributed by atoms with E-state index < -0.39 is 10.9 Å². The van der Waals surface area contributed by atoms with Crippen LogP contribution in [0.15, 0.2) is 42.7 Å². The number of esters is 1. The zero-order valence-electron chi connectivity index (χ0n) is 12.5. The third kappa shape index (κ3) is 3.39. The van der Waals surface area contributed by atoms with Gasteiger partial charge in [0.25, 0.3) is 5.69 Å². The molecule has 2 atom stereocenters. The Morgan fingerprint density at radius 2 is 2.00 bits per heavy atom. The summed E-state index contributed by atoms with van der Waals surface area (Å²) < 4.78 is 7.48. The SMILES string of the molecule is O=C(OC1CCCCC1n1cccn1)c1ccc([N+](=O)[O-])cc1. The van der Waals surface area contributed by atoms with Gasteiger partial charge < -0.3 is 4.74 Å². The molecule has 3 rings (SSSR count). The zero-order valence-corrected chi connectivity index (χ0v) is 12.5. The fraction of sp³-hybridized carbons (Fsp3) is 0.375. The molecular weight excluding hydrogens is 298 g/mol. The zero-order chi connectivity index (χ0) is 16.2. The fourth-order valence-corrected chi connectivity index (χ4v) is 2.92. The summed E-state index contributed by atoms with van der Waals surface area (Å²) >= 11 is 0. The molecule has 0 saturated heterocycles. The molecule has 0 amide bonds. The Hall–Kier alpha value is -2.70. The summed E-state index contributed by atoms with van der Waals surface area (Å²) in [5, 5.41) is 14.9. The smallest absolute Gasteiger partial charge is 0.338 e. The second-order valence-corrected chi connectivity index (χ2v) is 5.59. The summed E-state index contributed by atoms with van der Waals surface area (Å²) in [4.78, 5) is 22.4. The Kier molecular flexibility index (Phi) is 4.36. The van der Waals surface area contributed by atoms with Crippen LogP contribution in [-0.2, 0) is 4.74 Å². The summed E-state index contributed by atoms with van der Waals surface area (Å²) in [6.45, 7) is 0. The molecule has 7 nitrogen and oxygen atoms in total. The predicted octanol–water partition coefficient (Wildman–Crippen LogP) is 3.13. The Balaban J connectivity index is 1.71. The van der Waals surface area contributed by atoms with Crippen molar-refractivity contribution in [2.45, 2.75) is 37.8 Å². The monoisotopic (exact) mass is 315 g/mol. The van der Waals surface area contributed by atoms with Gasteiger partial charge in [-0.05, 0) is 37.5 Å². The molecule has 1 aromatic heterocycles. The molecule has 0 spiro atoms. The average Bonchev–Trinajstić information content (AvgIpc) is 3.09. The number of nitrogens with zero attached hydrogens (tertiary/aromatic N) is 3. The van der Waals surface area contributed by atoms with Crippen molar-refractivity contribution in [1.29, 1.82) is 0 Å². The van der Waals surface area contributed by atoms with Crippen LogP contribution in [0, 0.1) is 10.1 Å². The number of non-ortho nitro benzene ring substituents is 1. The topological polar surface area (TPSA) is 87.3 Å². The number of ether oxygens (including phenoxy) is 1. The summed E-state index contributed by atoms with van der Waals surface area (Å²) in [6, 6.07) is 7.35. The Morgan fingerprint density at radius 1 is 1.26 bits per heavy atom. The van der Waals surface area contributed by atoms with Crippen LogP contribution in [0.25, 0.3) is 0 Å². The number of aromatic nitrogens is 2. The van der Waals surface area contributed by atoms with Gasteiger partial charge in [-0.2, -0.15) is 5.10 Å². The van der Waals surface area contributed by atoms with E-state index in [0.717, 1.165) is 25.7 Å². The number of carbonyl (C=O) groups excluding carboxylic acids is 1. The van der Waals surface area contributed by atoms with E-state index in [-0.39, 0.29) is 17.8 Å². The van der Waals surface area contributed by atoms with Crippen molar-refractivity contribution in [1.82, 2.24) is 9.78 Å². The molecule has 2 unspecified atom stereocenters. The van der Waals surface area contributed by atoms with Crippen LogP contribution < -0.4 is 0 Å². The highest BCUT2D eigenvalue weighted by Gasteiger charge is 2.30. The predicted molar refractivity (Wildman–Crippen MR) is 82.0 cm³/mol. The number of hydrogen-bond acceptors (Lipinski definition) is 5. The minimum Gasteiger partial charge on any atom is -0.457 e. The lowest BCUT2D eigenvalue weighted by molar-refractivity contribution is -0.384. The molecular formula is C16H17N3O4. The molecule has 2 aromatic rings. The summed E-state index contributed by atoms with van der Waals surface area (Å²) in [5.41, 5.74) is 0.272. The lowest BCUT2D eigenvalue weighted by atomic mass is 9.92. The van der Waals surface area contributed by atoms with Gasteiger partial charge in [0, 0.05) is 24.5 Å². The normalized spacial score (nSPS) is 20.9. The van der Waals surface area contributed by atoms with Gasteiger partial charge in [0.05, 0.1) is 16.5 Å². The van der Waals surface area contributed by atoms with Crippen LogP contribution in [0.3, 0.4) is 0 Å². The van der Waals surface area contributed by atoms with Crippen LogP contribution in [0.2, 0.25) is 0 Å². The number of rotatable bonds is 4. The minimum absolute atomic E-state index is 0.0424. The van der Waals surface area contributed by atoms with Gasteiger partial charge in [-0.25, -0.2) is 4.79 Å². The second-order valence-electron chi connectivity index (χ2n) is 5.59. The first-order valence-corrected chi connectivity index (χ1v) is 7.60. The molecule has 0 aliphatic heterocycles. The first-order chi connectivity index (χ1) is 11.1. The van der Waals surface area contributed by atoms with Gasteiger partial charge in [0.2, 0.25) is 0 Å².